The van der Waals surface area contributed by atoms with Crippen LogP contribution in [0.5, 0.6) is 0 Å². The van der Waals surface area contributed by atoms with Gasteiger partial charge in [-0.25, -0.2) is 0 Å². The van der Waals surface area contributed by atoms with E-state index in [9.17, 15) is 0 Å². The second-order valence-corrected chi connectivity index (χ2v) is 6.36. The summed E-state index contributed by atoms with van der Waals surface area (Å²) in [6.07, 6.45) is 5.62. The molecule has 1 N–H and O–H groups in total. The van der Waals surface area contributed by atoms with Crippen molar-refractivity contribution in [3.05, 3.63) is 46.0 Å². The predicted octanol–water partition coefficient (Wildman–Crippen LogP) is 3.14. The van der Waals surface area contributed by atoms with E-state index in [1.807, 2.05) is 17.1 Å². The van der Waals surface area contributed by atoms with Crippen molar-refractivity contribution < 1.29 is 0 Å². The van der Waals surface area contributed by atoms with E-state index in [0.29, 0.717) is 5.92 Å². The highest BCUT2D eigenvalue weighted by Crippen LogP contribution is 2.13. The van der Waals surface area contributed by atoms with E-state index in [1.165, 1.54) is 11.3 Å². The molecule has 4 nitrogen and oxygen atoms in total. The molecule has 20 heavy (non-hydrogen) atoms. The van der Waals surface area contributed by atoms with Crippen LogP contribution in [-0.2, 0) is 13.1 Å². The highest BCUT2D eigenvalue weighted by molar-refractivity contribution is 9.10. The number of aromatic nitrogens is 3. The van der Waals surface area contributed by atoms with Crippen molar-refractivity contribution >= 4 is 15.9 Å². The van der Waals surface area contributed by atoms with Crippen LogP contribution < -0.4 is 5.32 Å². The fourth-order valence-corrected chi connectivity index (χ4v) is 2.44. The Hall–Kier alpha value is -1.20. The molecule has 2 aromatic heterocycles. The monoisotopic (exact) mass is 336 g/mol. The molecule has 0 unspecified atom stereocenters. The highest BCUT2D eigenvalue weighted by atomic mass is 79.9. The molecule has 0 fully saturated rings. The van der Waals surface area contributed by atoms with Gasteiger partial charge in [-0.1, -0.05) is 13.8 Å². The van der Waals surface area contributed by atoms with Crippen LogP contribution in [0.1, 0.15) is 30.7 Å². The predicted molar refractivity (Wildman–Crippen MR) is 84.5 cm³/mol. The zero-order chi connectivity index (χ0) is 14.5. The van der Waals surface area contributed by atoms with E-state index < -0.39 is 0 Å². The smallest absolute Gasteiger partial charge is 0.0677 e. The van der Waals surface area contributed by atoms with E-state index in [-0.39, 0.29) is 0 Å². The molecule has 0 aliphatic carbocycles. The minimum Gasteiger partial charge on any atom is -0.312 e. The number of halogens is 1. The Kier molecular flexibility index (Phi) is 5.31. The number of pyridine rings is 1. The number of hydrogen-bond acceptors (Lipinski definition) is 3. The van der Waals surface area contributed by atoms with Gasteiger partial charge in [0.25, 0.3) is 0 Å². The molecule has 108 valence electrons. The van der Waals surface area contributed by atoms with Crippen molar-refractivity contribution in [1.29, 1.82) is 0 Å². The first kappa shape index (κ1) is 15.2. The van der Waals surface area contributed by atoms with Crippen LogP contribution in [0.3, 0.4) is 0 Å². The zero-order valence-electron chi connectivity index (χ0n) is 12.2. The van der Waals surface area contributed by atoms with Crippen molar-refractivity contribution in [3.63, 3.8) is 0 Å². The molecule has 0 bridgehead atoms. The Labute approximate surface area is 128 Å². The Morgan fingerprint density at radius 1 is 1.30 bits per heavy atom. The molecule has 0 aromatic carbocycles. The molecule has 0 radical (unpaired) electrons. The zero-order valence-corrected chi connectivity index (χ0v) is 13.8. The molecule has 5 heteroatoms. The molecule has 0 atom stereocenters. The van der Waals surface area contributed by atoms with Crippen molar-refractivity contribution in [3.8, 4) is 0 Å². The van der Waals surface area contributed by atoms with Crippen LogP contribution in [0, 0.1) is 12.8 Å². The lowest BCUT2D eigenvalue weighted by atomic mass is 10.2. The van der Waals surface area contributed by atoms with Gasteiger partial charge in [-0.15, -0.1) is 0 Å². The number of nitrogens with zero attached hydrogens (tertiary/aromatic N) is 3. The molecule has 0 aliphatic rings. The summed E-state index contributed by atoms with van der Waals surface area (Å²) in [4.78, 5) is 4.19. The van der Waals surface area contributed by atoms with E-state index >= 15 is 0 Å². The van der Waals surface area contributed by atoms with E-state index in [2.05, 4.69) is 58.2 Å². The number of hydrogen-bond donors (Lipinski definition) is 1. The summed E-state index contributed by atoms with van der Waals surface area (Å²) in [5.41, 5.74) is 3.61. The van der Waals surface area contributed by atoms with Gasteiger partial charge in [-0.2, -0.15) is 5.10 Å². The number of rotatable bonds is 6. The summed E-state index contributed by atoms with van der Waals surface area (Å²) >= 11 is 3.44. The number of nitrogens with one attached hydrogen (secondary N) is 1. The van der Waals surface area contributed by atoms with Gasteiger partial charge in [0, 0.05) is 34.7 Å². The molecule has 2 aromatic rings. The second kappa shape index (κ2) is 6.99. The maximum absolute atomic E-state index is 4.47. The van der Waals surface area contributed by atoms with Crippen molar-refractivity contribution in [2.75, 3.05) is 6.54 Å². The largest absolute Gasteiger partial charge is 0.312 e. The highest BCUT2D eigenvalue weighted by Gasteiger charge is 2.07. The Morgan fingerprint density at radius 2 is 2.10 bits per heavy atom. The first-order valence-corrected chi connectivity index (χ1v) is 7.67. The summed E-state index contributed by atoms with van der Waals surface area (Å²) in [5, 5.41) is 7.93. The quantitative estimate of drug-likeness (QED) is 0.881. The van der Waals surface area contributed by atoms with Crippen LogP contribution in [0.15, 0.2) is 29.1 Å². The Morgan fingerprint density at radius 3 is 2.80 bits per heavy atom. The SMILES string of the molecule is Cc1c(CNCC(C)C)cnn1Cc1cncc(Br)c1. The lowest BCUT2D eigenvalue weighted by Crippen LogP contribution is -2.19. The van der Waals surface area contributed by atoms with Crippen LogP contribution in [-0.4, -0.2) is 21.3 Å². The van der Waals surface area contributed by atoms with Crippen molar-refractivity contribution in [1.82, 2.24) is 20.1 Å². The van der Waals surface area contributed by atoms with Crippen LogP contribution in [0.25, 0.3) is 0 Å². The lowest BCUT2D eigenvalue weighted by Gasteiger charge is -2.08. The summed E-state index contributed by atoms with van der Waals surface area (Å²) in [6, 6.07) is 2.07. The first-order chi connectivity index (χ1) is 9.56. The van der Waals surface area contributed by atoms with Crippen molar-refractivity contribution in [2.24, 2.45) is 5.92 Å². The van der Waals surface area contributed by atoms with Crippen LogP contribution in [0.4, 0.5) is 0 Å². The van der Waals surface area contributed by atoms with E-state index in [4.69, 9.17) is 0 Å². The third-order valence-corrected chi connectivity index (χ3v) is 3.60. The van der Waals surface area contributed by atoms with Gasteiger partial charge in [0.2, 0.25) is 0 Å². The molecule has 0 aliphatic heterocycles. The fraction of sp³-hybridized carbons (Fsp3) is 0.467. The summed E-state index contributed by atoms with van der Waals surface area (Å²) in [6.45, 7) is 9.20. The molecular weight excluding hydrogens is 316 g/mol. The lowest BCUT2D eigenvalue weighted by molar-refractivity contribution is 0.550. The maximum Gasteiger partial charge on any atom is 0.0677 e. The minimum atomic E-state index is 0.665. The summed E-state index contributed by atoms with van der Waals surface area (Å²) in [5.74, 6) is 0.665. The van der Waals surface area contributed by atoms with Crippen molar-refractivity contribution in [2.45, 2.75) is 33.9 Å². The molecule has 2 heterocycles. The van der Waals surface area contributed by atoms with Crippen LogP contribution in [0.2, 0.25) is 0 Å². The third kappa shape index (κ3) is 4.15. The van der Waals surface area contributed by atoms with E-state index in [0.717, 1.165) is 29.7 Å². The third-order valence-electron chi connectivity index (χ3n) is 3.17. The molecule has 0 saturated carbocycles. The van der Waals surface area contributed by atoms with Gasteiger partial charge in [-0.05, 0) is 46.9 Å². The van der Waals surface area contributed by atoms with Gasteiger partial charge in [0.05, 0.1) is 12.7 Å². The maximum atomic E-state index is 4.47. The molecular formula is C15H21BrN4. The van der Waals surface area contributed by atoms with Gasteiger partial charge >= 0.3 is 0 Å². The second-order valence-electron chi connectivity index (χ2n) is 5.45. The normalized spacial score (nSPS) is 11.2. The average Bonchev–Trinajstić information content (AvgIpc) is 2.71. The van der Waals surface area contributed by atoms with Gasteiger partial charge < -0.3 is 5.32 Å². The van der Waals surface area contributed by atoms with Gasteiger partial charge in [0.15, 0.2) is 0 Å². The standard InChI is InChI=1S/C15H21BrN4/c1-11(2)5-17-7-14-8-19-20(12(14)3)10-13-4-15(16)9-18-6-13/h4,6,8-9,11,17H,5,7,10H2,1-3H3. The summed E-state index contributed by atoms with van der Waals surface area (Å²) in [7, 11) is 0. The Bertz CT molecular complexity index is 563. The van der Waals surface area contributed by atoms with Gasteiger partial charge in [0.1, 0.15) is 0 Å². The minimum absolute atomic E-state index is 0.665. The molecule has 0 saturated heterocycles. The molecule has 2 rings (SSSR count). The Balaban J connectivity index is 2.01. The van der Waals surface area contributed by atoms with Crippen LogP contribution >= 0.6 is 15.9 Å². The van der Waals surface area contributed by atoms with E-state index in [1.54, 1.807) is 6.20 Å². The average molecular weight is 337 g/mol. The summed E-state index contributed by atoms with van der Waals surface area (Å²) < 4.78 is 3.02. The fourth-order valence-electron chi connectivity index (χ4n) is 2.03. The molecule has 0 amide bonds. The first-order valence-electron chi connectivity index (χ1n) is 6.87. The van der Waals surface area contributed by atoms with Gasteiger partial charge in [-0.3, -0.25) is 9.67 Å². The topological polar surface area (TPSA) is 42.7 Å². The molecule has 0 spiro atoms.